The van der Waals surface area contributed by atoms with Crippen LogP contribution in [0.4, 0.5) is 5.69 Å². The normalized spacial score (nSPS) is 15.9. The standard InChI is InChI=1S/C10H9N5O/c11-9-4-10(16)15(14-9)6-1-2-7-8(3-6)13-5-12-7/h1-3,5H,4H2,(H2,11,14)(H,12,13). The van der Waals surface area contributed by atoms with Crippen molar-refractivity contribution >= 4 is 28.5 Å². The van der Waals surface area contributed by atoms with Crippen LogP contribution in [0.2, 0.25) is 0 Å². The number of imidazole rings is 1. The van der Waals surface area contributed by atoms with Gasteiger partial charge in [-0.05, 0) is 18.2 Å². The second-order valence-electron chi connectivity index (χ2n) is 3.58. The first-order chi connectivity index (χ1) is 7.74. The topological polar surface area (TPSA) is 87.4 Å². The van der Waals surface area contributed by atoms with Gasteiger partial charge in [0.05, 0.1) is 29.5 Å². The number of hydrazone groups is 1. The molecule has 2 heterocycles. The minimum atomic E-state index is -0.114. The molecule has 80 valence electrons. The maximum Gasteiger partial charge on any atom is 0.255 e. The zero-order valence-electron chi connectivity index (χ0n) is 8.34. The lowest BCUT2D eigenvalue weighted by molar-refractivity contribution is -0.116. The number of nitrogens with two attached hydrogens (primary N) is 1. The summed E-state index contributed by atoms with van der Waals surface area (Å²) in [7, 11) is 0. The van der Waals surface area contributed by atoms with E-state index in [1.54, 1.807) is 12.4 Å². The van der Waals surface area contributed by atoms with Gasteiger partial charge in [-0.2, -0.15) is 10.1 Å². The highest BCUT2D eigenvalue weighted by molar-refractivity contribution is 6.11. The number of carbonyl (C=O) groups is 1. The number of fused-ring (bicyclic) bond motifs is 1. The molecule has 3 N–H and O–H groups in total. The van der Waals surface area contributed by atoms with E-state index in [1.165, 1.54) is 5.01 Å². The third-order valence-electron chi connectivity index (χ3n) is 2.45. The van der Waals surface area contributed by atoms with E-state index < -0.39 is 0 Å². The van der Waals surface area contributed by atoms with E-state index in [2.05, 4.69) is 15.1 Å². The molecule has 3 rings (SSSR count). The minimum absolute atomic E-state index is 0.114. The van der Waals surface area contributed by atoms with E-state index in [4.69, 9.17) is 5.73 Å². The van der Waals surface area contributed by atoms with Crippen molar-refractivity contribution in [3.05, 3.63) is 24.5 Å². The highest BCUT2D eigenvalue weighted by atomic mass is 16.2. The van der Waals surface area contributed by atoms with Crippen molar-refractivity contribution in [1.82, 2.24) is 9.97 Å². The van der Waals surface area contributed by atoms with Crippen molar-refractivity contribution in [3.8, 4) is 0 Å². The number of carbonyl (C=O) groups excluding carboxylic acids is 1. The van der Waals surface area contributed by atoms with E-state index >= 15 is 0 Å². The number of benzene rings is 1. The van der Waals surface area contributed by atoms with Crippen molar-refractivity contribution in [2.24, 2.45) is 10.8 Å². The Balaban J connectivity index is 2.08. The van der Waals surface area contributed by atoms with E-state index in [0.717, 1.165) is 11.0 Å². The van der Waals surface area contributed by atoms with Gasteiger partial charge in [-0.3, -0.25) is 4.79 Å². The van der Waals surface area contributed by atoms with Gasteiger partial charge in [0, 0.05) is 0 Å². The molecule has 0 radical (unpaired) electrons. The van der Waals surface area contributed by atoms with Crippen LogP contribution < -0.4 is 10.7 Å². The predicted octanol–water partition coefficient (Wildman–Crippen LogP) is 0.572. The molecule has 1 aliphatic rings. The molecular formula is C10H9N5O. The number of H-pyrrole nitrogens is 1. The summed E-state index contributed by atoms with van der Waals surface area (Å²) >= 11 is 0. The van der Waals surface area contributed by atoms with Crippen molar-refractivity contribution in [1.29, 1.82) is 0 Å². The van der Waals surface area contributed by atoms with Gasteiger partial charge in [0.25, 0.3) is 5.91 Å². The zero-order chi connectivity index (χ0) is 11.1. The Hall–Kier alpha value is -2.37. The van der Waals surface area contributed by atoms with Crippen LogP contribution in [0.3, 0.4) is 0 Å². The molecule has 0 fully saturated rings. The van der Waals surface area contributed by atoms with Gasteiger partial charge in [-0.1, -0.05) is 0 Å². The summed E-state index contributed by atoms with van der Waals surface area (Å²) in [6.07, 6.45) is 1.79. The van der Waals surface area contributed by atoms with E-state index in [0.29, 0.717) is 11.5 Å². The summed E-state index contributed by atoms with van der Waals surface area (Å²) in [5.41, 5.74) is 7.93. The maximum absolute atomic E-state index is 11.6. The quantitative estimate of drug-likeness (QED) is 0.729. The summed E-state index contributed by atoms with van der Waals surface area (Å²) in [5.74, 6) is 0.228. The van der Waals surface area contributed by atoms with Crippen LogP contribution in [0, 0.1) is 0 Å². The molecule has 0 unspecified atom stereocenters. The molecule has 6 heteroatoms. The van der Waals surface area contributed by atoms with E-state index in [1.807, 2.05) is 12.1 Å². The second-order valence-corrected chi connectivity index (χ2v) is 3.58. The second kappa shape index (κ2) is 3.06. The Kier molecular flexibility index (Phi) is 1.70. The molecule has 0 saturated carbocycles. The molecule has 0 aliphatic carbocycles. The van der Waals surface area contributed by atoms with Crippen LogP contribution in [0.15, 0.2) is 29.6 Å². The number of aromatic amines is 1. The van der Waals surface area contributed by atoms with Crippen molar-refractivity contribution in [3.63, 3.8) is 0 Å². The summed E-state index contributed by atoms with van der Waals surface area (Å²) in [6, 6.07) is 5.45. The lowest BCUT2D eigenvalue weighted by Crippen LogP contribution is -2.19. The van der Waals surface area contributed by atoms with Gasteiger partial charge in [-0.25, -0.2) is 4.98 Å². The third-order valence-corrected chi connectivity index (χ3v) is 2.45. The molecule has 1 amide bonds. The third kappa shape index (κ3) is 1.23. The highest BCUT2D eigenvalue weighted by Gasteiger charge is 2.23. The van der Waals surface area contributed by atoms with Crippen LogP contribution in [-0.2, 0) is 4.79 Å². The number of aromatic nitrogens is 2. The fourth-order valence-corrected chi connectivity index (χ4v) is 1.71. The Bertz CT molecular complexity index is 600. The number of amidine groups is 1. The van der Waals surface area contributed by atoms with Crippen LogP contribution >= 0.6 is 0 Å². The summed E-state index contributed by atoms with van der Waals surface area (Å²) in [4.78, 5) is 18.6. The van der Waals surface area contributed by atoms with E-state index in [-0.39, 0.29) is 12.3 Å². The number of hydrogen-bond donors (Lipinski definition) is 2. The first-order valence-electron chi connectivity index (χ1n) is 4.83. The van der Waals surface area contributed by atoms with Crippen molar-refractivity contribution < 1.29 is 4.79 Å². The van der Waals surface area contributed by atoms with E-state index in [9.17, 15) is 4.79 Å². The van der Waals surface area contributed by atoms with Gasteiger partial charge in [0.1, 0.15) is 5.84 Å². The predicted molar refractivity (Wildman–Crippen MR) is 59.8 cm³/mol. The number of nitrogens with zero attached hydrogens (tertiary/aromatic N) is 3. The lowest BCUT2D eigenvalue weighted by atomic mass is 10.2. The summed E-state index contributed by atoms with van der Waals surface area (Å²) in [5, 5.41) is 5.29. The molecule has 16 heavy (non-hydrogen) atoms. The van der Waals surface area contributed by atoms with Crippen molar-refractivity contribution in [2.45, 2.75) is 6.42 Å². The summed E-state index contributed by atoms with van der Waals surface area (Å²) < 4.78 is 0. The molecule has 0 spiro atoms. The Morgan fingerprint density at radius 1 is 1.44 bits per heavy atom. The van der Waals surface area contributed by atoms with Crippen LogP contribution in [0.1, 0.15) is 6.42 Å². The monoisotopic (exact) mass is 215 g/mol. The fraction of sp³-hybridized carbons (Fsp3) is 0.100. The first kappa shape index (κ1) is 8.90. The van der Waals surface area contributed by atoms with Gasteiger partial charge in [-0.15, -0.1) is 0 Å². The Morgan fingerprint density at radius 3 is 3.06 bits per heavy atom. The molecule has 1 aliphatic heterocycles. The summed E-state index contributed by atoms with van der Waals surface area (Å²) in [6.45, 7) is 0. The lowest BCUT2D eigenvalue weighted by Gasteiger charge is -2.10. The number of hydrogen-bond acceptors (Lipinski definition) is 4. The number of nitrogens with one attached hydrogen (secondary N) is 1. The molecule has 2 aromatic rings. The average Bonchev–Trinajstić information content (AvgIpc) is 2.83. The molecule has 0 atom stereocenters. The molecule has 6 nitrogen and oxygen atoms in total. The van der Waals surface area contributed by atoms with Crippen LogP contribution in [0.5, 0.6) is 0 Å². The number of anilines is 1. The zero-order valence-corrected chi connectivity index (χ0v) is 8.34. The molecule has 0 saturated heterocycles. The Labute approximate surface area is 90.8 Å². The average molecular weight is 215 g/mol. The highest BCUT2D eigenvalue weighted by Crippen LogP contribution is 2.22. The SMILES string of the molecule is NC1=NN(c2ccc3nc[nH]c3c2)C(=O)C1. The van der Waals surface area contributed by atoms with Gasteiger partial charge in [0.2, 0.25) is 0 Å². The first-order valence-corrected chi connectivity index (χ1v) is 4.83. The molecule has 1 aromatic carbocycles. The fourth-order valence-electron chi connectivity index (χ4n) is 1.71. The maximum atomic E-state index is 11.6. The smallest absolute Gasteiger partial charge is 0.255 e. The minimum Gasteiger partial charge on any atom is -0.385 e. The van der Waals surface area contributed by atoms with Crippen LogP contribution in [0.25, 0.3) is 11.0 Å². The largest absolute Gasteiger partial charge is 0.385 e. The van der Waals surface area contributed by atoms with Gasteiger partial charge >= 0.3 is 0 Å². The van der Waals surface area contributed by atoms with Crippen molar-refractivity contribution in [2.75, 3.05) is 5.01 Å². The Morgan fingerprint density at radius 2 is 2.31 bits per heavy atom. The molecule has 1 aromatic heterocycles. The number of amides is 1. The van der Waals surface area contributed by atoms with Crippen LogP contribution in [-0.4, -0.2) is 21.7 Å². The molecular weight excluding hydrogens is 206 g/mol. The van der Waals surface area contributed by atoms with Gasteiger partial charge in [0.15, 0.2) is 0 Å². The van der Waals surface area contributed by atoms with Gasteiger partial charge < -0.3 is 10.7 Å². The number of rotatable bonds is 1. The molecule has 0 bridgehead atoms.